The number of nitrogens with one attached hydrogen (secondary N) is 1. The molecule has 20 heavy (non-hydrogen) atoms. The quantitative estimate of drug-likeness (QED) is 0.861. The minimum atomic E-state index is -0.125. The first kappa shape index (κ1) is 14.7. The molecule has 6 heteroatoms. The number of fused-ring (bicyclic) bond motifs is 1. The van der Waals surface area contributed by atoms with Crippen LogP contribution in [0.1, 0.15) is 20.3 Å². The number of imidazole rings is 1. The van der Waals surface area contributed by atoms with Gasteiger partial charge in [0, 0.05) is 31.1 Å². The molecule has 0 atom stereocenters. The van der Waals surface area contributed by atoms with Crippen LogP contribution >= 0.6 is 11.6 Å². The molecule has 0 radical (unpaired) electrons. The van der Waals surface area contributed by atoms with Crippen molar-refractivity contribution in [2.75, 3.05) is 11.2 Å². The van der Waals surface area contributed by atoms with Crippen molar-refractivity contribution in [1.82, 2.24) is 9.13 Å². The molecule has 0 aliphatic heterocycles. The van der Waals surface area contributed by atoms with Crippen molar-refractivity contribution in [3.8, 4) is 0 Å². The summed E-state index contributed by atoms with van der Waals surface area (Å²) < 4.78 is 3.43. The average Bonchev–Trinajstić information content (AvgIpc) is 2.69. The number of hydrogen-bond donors (Lipinski definition) is 1. The second-order valence-corrected chi connectivity index (χ2v) is 4.84. The number of nitrogens with zero attached hydrogens (tertiary/aromatic N) is 2. The van der Waals surface area contributed by atoms with Crippen LogP contribution in [0.15, 0.2) is 23.0 Å². The van der Waals surface area contributed by atoms with Crippen LogP contribution < -0.4 is 11.0 Å². The molecule has 2 aromatic rings. The smallest absolute Gasteiger partial charge is 0.326 e. The minimum Gasteiger partial charge on any atom is -0.326 e. The Morgan fingerprint density at radius 2 is 1.85 bits per heavy atom. The lowest BCUT2D eigenvalue weighted by Crippen LogP contribution is -2.23. The van der Waals surface area contributed by atoms with Gasteiger partial charge in [-0.1, -0.05) is 0 Å². The summed E-state index contributed by atoms with van der Waals surface area (Å²) in [6, 6.07) is 5.50. The number of benzene rings is 1. The van der Waals surface area contributed by atoms with Gasteiger partial charge in [0.05, 0.1) is 11.0 Å². The lowest BCUT2D eigenvalue weighted by molar-refractivity contribution is -0.115. The van der Waals surface area contributed by atoms with E-state index >= 15 is 0 Å². The summed E-state index contributed by atoms with van der Waals surface area (Å²) in [7, 11) is 0. The Morgan fingerprint density at radius 1 is 1.20 bits per heavy atom. The van der Waals surface area contributed by atoms with Crippen LogP contribution in [0.3, 0.4) is 0 Å². The van der Waals surface area contributed by atoms with Crippen LogP contribution in [0.5, 0.6) is 0 Å². The lowest BCUT2D eigenvalue weighted by atomic mass is 10.2. The molecule has 1 aromatic heterocycles. The van der Waals surface area contributed by atoms with Gasteiger partial charge in [-0.15, -0.1) is 11.6 Å². The molecule has 0 saturated carbocycles. The first-order valence-corrected chi connectivity index (χ1v) is 7.24. The number of anilines is 1. The largest absolute Gasteiger partial charge is 0.329 e. The summed E-state index contributed by atoms with van der Waals surface area (Å²) in [6.07, 6.45) is 0.274. The molecule has 5 nitrogen and oxygen atoms in total. The number of aromatic nitrogens is 2. The van der Waals surface area contributed by atoms with Crippen molar-refractivity contribution in [1.29, 1.82) is 0 Å². The molecule has 0 aliphatic carbocycles. The van der Waals surface area contributed by atoms with Gasteiger partial charge < -0.3 is 5.32 Å². The molecule has 0 saturated heterocycles. The maximum atomic E-state index is 12.2. The SMILES string of the molecule is CCn1c(=O)n(CC)c2cc(NC(=O)CCCl)ccc21. The van der Waals surface area contributed by atoms with E-state index in [0.29, 0.717) is 24.7 Å². The molecular formula is C14H18ClN3O2. The summed E-state index contributed by atoms with van der Waals surface area (Å²) >= 11 is 5.54. The number of halogens is 1. The number of alkyl halides is 1. The number of carbonyl (C=O) groups excluding carboxylic acids is 1. The maximum Gasteiger partial charge on any atom is 0.329 e. The zero-order chi connectivity index (χ0) is 14.7. The van der Waals surface area contributed by atoms with Crippen molar-refractivity contribution < 1.29 is 4.79 Å². The second kappa shape index (κ2) is 6.13. The minimum absolute atomic E-state index is 0.0192. The molecule has 1 aromatic carbocycles. The van der Waals surface area contributed by atoms with Crippen LogP contribution in [0.2, 0.25) is 0 Å². The van der Waals surface area contributed by atoms with E-state index in [-0.39, 0.29) is 18.0 Å². The van der Waals surface area contributed by atoms with Crippen LogP contribution in [-0.2, 0) is 17.9 Å². The van der Waals surface area contributed by atoms with Gasteiger partial charge in [-0.2, -0.15) is 0 Å². The van der Waals surface area contributed by atoms with Crippen molar-refractivity contribution in [2.45, 2.75) is 33.4 Å². The molecule has 108 valence electrons. The molecule has 0 bridgehead atoms. The van der Waals surface area contributed by atoms with E-state index < -0.39 is 0 Å². The summed E-state index contributed by atoms with van der Waals surface area (Å²) in [5.41, 5.74) is 2.38. The number of rotatable bonds is 5. The van der Waals surface area contributed by atoms with Gasteiger partial charge in [-0.25, -0.2) is 4.79 Å². The third-order valence-electron chi connectivity index (χ3n) is 3.26. The molecule has 1 amide bonds. The third-order valence-corrected chi connectivity index (χ3v) is 3.45. The first-order chi connectivity index (χ1) is 9.62. The third kappa shape index (κ3) is 2.58. The van der Waals surface area contributed by atoms with Crippen molar-refractivity contribution >= 4 is 34.2 Å². The standard InChI is InChI=1S/C14H18ClN3O2/c1-3-17-11-6-5-10(16-13(19)7-8-15)9-12(11)18(4-2)14(17)20/h5-6,9H,3-4,7-8H2,1-2H3,(H,16,19). The van der Waals surface area contributed by atoms with E-state index in [0.717, 1.165) is 11.0 Å². The van der Waals surface area contributed by atoms with Crippen LogP contribution in [0.4, 0.5) is 5.69 Å². The van der Waals surface area contributed by atoms with E-state index in [1.165, 1.54) is 0 Å². The van der Waals surface area contributed by atoms with Crippen LogP contribution in [0.25, 0.3) is 11.0 Å². The lowest BCUT2D eigenvalue weighted by Gasteiger charge is -2.05. The highest BCUT2D eigenvalue weighted by atomic mass is 35.5. The number of amides is 1. The van der Waals surface area contributed by atoms with E-state index in [1.807, 2.05) is 26.0 Å². The zero-order valence-corrected chi connectivity index (χ0v) is 12.4. The highest BCUT2D eigenvalue weighted by molar-refractivity contribution is 6.19. The fourth-order valence-electron chi connectivity index (χ4n) is 2.32. The maximum absolute atomic E-state index is 12.2. The van der Waals surface area contributed by atoms with Gasteiger partial charge in [0.2, 0.25) is 5.91 Å². The van der Waals surface area contributed by atoms with Crippen molar-refractivity contribution in [2.24, 2.45) is 0 Å². The highest BCUT2D eigenvalue weighted by Gasteiger charge is 2.12. The van der Waals surface area contributed by atoms with Crippen molar-refractivity contribution in [3.05, 3.63) is 28.7 Å². The monoisotopic (exact) mass is 295 g/mol. The fourth-order valence-corrected chi connectivity index (χ4v) is 2.49. The van der Waals surface area contributed by atoms with Gasteiger partial charge in [-0.3, -0.25) is 13.9 Å². The predicted molar refractivity (Wildman–Crippen MR) is 81.5 cm³/mol. The second-order valence-electron chi connectivity index (χ2n) is 4.46. The van der Waals surface area contributed by atoms with Gasteiger partial charge in [-0.05, 0) is 32.0 Å². The molecule has 1 heterocycles. The molecule has 0 aliphatic rings. The van der Waals surface area contributed by atoms with E-state index in [9.17, 15) is 9.59 Å². The van der Waals surface area contributed by atoms with E-state index in [1.54, 1.807) is 15.2 Å². The number of hydrogen-bond acceptors (Lipinski definition) is 2. The van der Waals surface area contributed by atoms with Gasteiger partial charge in [0.15, 0.2) is 0 Å². The molecule has 0 unspecified atom stereocenters. The Hall–Kier alpha value is -1.75. The predicted octanol–water partition coefficient (Wildman–Crippen LogP) is 2.41. The Labute approximate surface area is 122 Å². The fraction of sp³-hybridized carbons (Fsp3) is 0.429. The van der Waals surface area contributed by atoms with Gasteiger partial charge >= 0.3 is 5.69 Å². The Kier molecular flexibility index (Phi) is 4.49. The summed E-state index contributed by atoms with van der Waals surface area (Å²) in [5.74, 6) is 0.166. The Morgan fingerprint density at radius 3 is 2.45 bits per heavy atom. The Balaban J connectivity index is 2.48. The van der Waals surface area contributed by atoms with E-state index in [2.05, 4.69) is 5.32 Å². The van der Waals surface area contributed by atoms with E-state index in [4.69, 9.17) is 11.6 Å². The van der Waals surface area contributed by atoms with Crippen molar-refractivity contribution in [3.63, 3.8) is 0 Å². The normalized spacial score (nSPS) is 10.9. The average molecular weight is 296 g/mol. The van der Waals surface area contributed by atoms with Gasteiger partial charge in [0.1, 0.15) is 0 Å². The molecular weight excluding hydrogens is 278 g/mol. The molecule has 0 spiro atoms. The number of aryl methyl sites for hydroxylation is 2. The molecule has 1 N–H and O–H groups in total. The molecule has 2 rings (SSSR count). The summed E-state index contributed by atoms with van der Waals surface area (Å²) in [6.45, 7) is 5.10. The van der Waals surface area contributed by atoms with Gasteiger partial charge in [0.25, 0.3) is 0 Å². The highest BCUT2D eigenvalue weighted by Crippen LogP contribution is 2.19. The molecule has 0 fully saturated rings. The van der Waals surface area contributed by atoms with Crippen LogP contribution in [-0.4, -0.2) is 20.9 Å². The Bertz CT molecular complexity index is 688. The zero-order valence-electron chi connectivity index (χ0n) is 11.6. The number of carbonyl (C=O) groups is 1. The summed E-state index contributed by atoms with van der Waals surface area (Å²) in [4.78, 5) is 23.8. The topological polar surface area (TPSA) is 56.0 Å². The first-order valence-electron chi connectivity index (χ1n) is 6.71. The summed E-state index contributed by atoms with van der Waals surface area (Å²) in [5, 5.41) is 2.79. The van der Waals surface area contributed by atoms with Crippen LogP contribution in [0, 0.1) is 0 Å².